The smallest absolute Gasteiger partial charge is 0.0711 e. The molecule has 2 aliphatic rings. The van der Waals surface area contributed by atoms with Crippen LogP contribution in [0.3, 0.4) is 0 Å². The highest BCUT2D eigenvalue weighted by molar-refractivity contribution is 6.09. The van der Waals surface area contributed by atoms with Crippen molar-refractivity contribution in [2.24, 2.45) is 0 Å². The minimum Gasteiger partial charge on any atom is -0.309 e. The van der Waals surface area contributed by atoms with Crippen LogP contribution >= 0.6 is 0 Å². The zero-order valence-corrected chi connectivity index (χ0v) is 27.6. The van der Waals surface area contributed by atoms with E-state index in [1.807, 2.05) is 0 Å². The lowest BCUT2D eigenvalue weighted by Crippen LogP contribution is -2.08. The molecule has 0 aliphatic heterocycles. The van der Waals surface area contributed by atoms with Gasteiger partial charge in [-0.05, 0) is 81.8 Å². The van der Waals surface area contributed by atoms with Gasteiger partial charge in [0.25, 0.3) is 0 Å². The van der Waals surface area contributed by atoms with E-state index >= 15 is 0 Å². The van der Waals surface area contributed by atoms with Crippen LogP contribution in [0.25, 0.3) is 55.5 Å². The van der Waals surface area contributed by atoms with Crippen LogP contribution in [-0.2, 0) is 0 Å². The molecule has 0 bridgehead atoms. The van der Waals surface area contributed by atoms with Crippen LogP contribution in [0, 0.1) is 0 Å². The molecule has 0 saturated carbocycles. The maximum atomic E-state index is 5.44. The highest BCUT2D eigenvalue weighted by atomic mass is 15.0. The van der Waals surface area contributed by atoms with Gasteiger partial charge in [0.05, 0.1) is 28.3 Å². The van der Waals surface area contributed by atoms with Crippen molar-refractivity contribution in [3.8, 4) is 28.1 Å². The van der Waals surface area contributed by atoms with Gasteiger partial charge in [0, 0.05) is 27.9 Å². The molecule has 0 N–H and O–H groups in total. The summed E-state index contributed by atoms with van der Waals surface area (Å²) in [5.41, 5.74) is 16.0. The lowest BCUT2D eigenvalue weighted by molar-refractivity contribution is 0.829. The third-order valence-corrected chi connectivity index (χ3v) is 10.6. The number of hydrogen-bond donors (Lipinski definition) is 0. The fourth-order valence-electron chi connectivity index (χ4n) is 8.29. The molecule has 2 heteroatoms. The van der Waals surface area contributed by atoms with Crippen molar-refractivity contribution in [3.63, 3.8) is 0 Å². The first-order valence-corrected chi connectivity index (χ1v) is 17.5. The van der Waals surface area contributed by atoms with Gasteiger partial charge in [0.15, 0.2) is 0 Å². The van der Waals surface area contributed by atoms with E-state index in [0.29, 0.717) is 0 Å². The Morgan fingerprint density at radius 1 is 0.540 bits per heavy atom. The predicted molar refractivity (Wildman–Crippen MR) is 208 cm³/mol. The van der Waals surface area contributed by atoms with Crippen molar-refractivity contribution in [2.75, 3.05) is 0 Å². The van der Waals surface area contributed by atoms with Gasteiger partial charge in [-0.25, -0.2) is 0 Å². The fraction of sp³-hybridized carbons (Fsp3) is 0.0625. The van der Waals surface area contributed by atoms with E-state index in [1.54, 1.807) is 0 Å². The fourth-order valence-corrected chi connectivity index (χ4v) is 8.29. The molecule has 0 amide bonds. The Kier molecular flexibility index (Phi) is 6.73. The van der Waals surface area contributed by atoms with Crippen molar-refractivity contribution in [3.05, 3.63) is 210 Å². The topological polar surface area (TPSA) is 17.8 Å². The normalized spacial score (nSPS) is 16.6. The summed E-state index contributed by atoms with van der Waals surface area (Å²) in [4.78, 5) is 5.44. The van der Waals surface area contributed by atoms with Crippen LogP contribution in [-0.4, -0.2) is 9.55 Å². The lowest BCUT2D eigenvalue weighted by Gasteiger charge is -2.23. The second-order valence-electron chi connectivity index (χ2n) is 13.5. The van der Waals surface area contributed by atoms with Crippen molar-refractivity contribution >= 4 is 27.4 Å². The van der Waals surface area contributed by atoms with E-state index in [0.717, 1.165) is 23.4 Å². The van der Waals surface area contributed by atoms with E-state index in [-0.39, 0.29) is 11.8 Å². The summed E-state index contributed by atoms with van der Waals surface area (Å²) in [5.74, 6) is 0.300. The second-order valence-corrected chi connectivity index (χ2v) is 13.5. The maximum Gasteiger partial charge on any atom is 0.0711 e. The van der Waals surface area contributed by atoms with Crippen molar-refractivity contribution in [2.45, 2.75) is 18.3 Å². The highest BCUT2D eigenvalue weighted by Gasteiger charge is 2.36. The number of hydrogen-bond acceptors (Lipinski definition) is 1. The number of aromatic nitrogens is 2. The quantitative estimate of drug-likeness (QED) is 0.183. The lowest BCUT2D eigenvalue weighted by atomic mass is 9.82. The minimum atomic E-state index is 0.0471. The number of para-hydroxylation sites is 2. The molecule has 0 radical (unpaired) electrons. The predicted octanol–water partition coefficient (Wildman–Crippen LogP) is 12.2. The Bertz CT molecular complexity index is 2550. The van der Waals surface area contributed by atoms with Crippen molar-refractivity contribution in [1.29, 1.82) is 0 Å². The van der Waals surface area contributed by atoms with Crippen LogP contribution in [0.1, 0.15) is 40.6 Å². The minimum absolute atomic E-state index is 0.0471. The Labute approximate surface area is 292 Å². The molecule has 8 aromatic rings. The molecule has 0 saturated heterocycles. The first kappa shape index (κ1) is 28.7. The summed E-state index contributed by atoms with van der Waals surface area (Å²) in [5, 5.41) is 2.57. The number of fused-ring (bicyclic) bond motifs is 6. The first-order valence-electron chi connectivity index (χ1n) is 17.5. The van der Waals surface area contributed by atoms with Gasteiger partial charge < -0.3 is 4.57 Å². The molecule has 236 valence electrons. The van der Waals surface area contributed by atoms with Gasteiger partial charge in [-0.15, -0.1) is 0 Å². The average Bonchev–Trinajstić information content (AvgIpc) is 3.71. The monoisotopic (exact) mass is 638 g/mol. The molecule has 2 nitrogen and oxygen atoms in total. The highest BCUT2D eigenvalue weighted by Crippen LogP contribution is 2.52. The Morgan fingerprint density at radius 2 is 1.22 bits per heavy atom. The molecule has 2 unspecified atom stereocenters. The van der Waals surface area contributed by atoms with Gasteiger partial charge in [-0.3, -0.25) is 4.98 Å². The van der Waals surface area contributed by atoms with E-state index in [2.05, 4.69) is 187 Å². The molecule has 10 rings (SSSR count). The molecule has 6 aromatic carbocycles. The van der Waals surface area contributed by atoms with E-state index < -0.39 is 0 Å². The third-order valence-electron chi connectivity index (χ3n) is 10.6. The molecule has 50 heavy (non-hydrogen) atoms. The average molecular weight is 639 g/mol. The van der Waals surface area contributed by atoms with Crippen LogP contribution < -0.4 is 0 Å². The van der Waals surface area contributed by atoms with E-state index in [1.165, 1.54) is 66.5 Å². The SMILES string of the molecule is C1=C2C(=CC(c3ccc4c5ccccc5n(-c5ccccc5)c4c3)C1)C(c1cc(-c3ccccc3)cc(-c3ccccc3)n1)c1ccccc12. The number of nitrogens with zero attached hydrogens (tertiary/aromatic N) is 2. The van der Waals surface area contributed by atoms with Gasteiger partial charge in [-0.1, -0.05) is 146 Å². The number of rotatable bonds is 5. The van der Waals surface area contributed by atoms with Crippen molar-refractivity contribution < 1.29 is 0 Å². The summed E-state index contributed by atoms with van der Waals surface area (Å²) < 4.78 is 2.42. The number of benzene rings is 6. The van der Waals surface area contributed by atoms with Crippen molar-refractivity contribution in [1.82, 2.24) is 9.55 Å². The van der Waals surface area contributed by atoms with Gasteiger partial charge in [0.1, 0.15) is 0 Å². The summed E-state index contributed by atoms with van der Waals surface area (Å²) >= 11 is 0. The van der Waals surface area contributed by atoms with Gasteiger partial charge in [0.2, 0.25) is 0 Å². The van der Waals surface area contributed by atoms with E-state index in [4.69, 9.17) is 4.98 Å². The largest absolute Gasteiger partial charge is 0.309 e. The Morgan fingerprint density at radius 3 is 2.04 bits per heavy atom. The molecular weight excluding hydrogens is 605 g/mol. The zero-order chi connectivity index (χ0) is 33.0. The first-order chi connectivity index (χ1) is 24.8. The number of allylic oxidation sites excluding steroid dienone is 4. The zero-order valence-electron chi connectivity index (χ0n) is 27.6. The molecule has 2 heterocycles. The molecule has 0 fully saturated rings. The molecule has 2 atom stereocenters. The Hall–Kier alpha value is -6.25. The third kappa shape index (κ3) is 4.68. The summed E-state index contributed by atoms with van der Waals surface area (Å²) in [7, 11) is 0. The van der Waals surface area contributed by atoms with E-state index in [9.17, 15) is 0 Å². The molecule has 0 spiro atoms. The van der Waals surface area contributed by atoms with Crippen LogP contribution in [0.15, 0.2) is 188 Å². The summed E-state index contributed by atoms with van der Waals surface area (Å²) in [6.45, 7) is 0. The summed E-state index contributed by atoms with van der Waals surface area (Å²) in [6.07, 6.45) is 5.99. The summed E-state index contributed by atoms with van der Waals surface area (Å²) in [6, 6.07) is 61.4. The van der Waals surface area contributed by atoms with Crippen LogP contribution in [0.4, 0.5) is 0 Å². The molecule has 2 aliphatic carbocycles. The van der Waals surface area contributed by atoms with Crippen LogP contribution in [0.2, 0.25) is 0 Å². The Balaban J connectivity index is 1.14. The van der Waals surface area contributed by atoms with Gasteiger partial charge in [-0.2, -0.15) is 0 Å². The molecule has 2 aromatic heterocycles. The standard InChI is InChI=1S/C48H34N2/c1-4-14-32(15-5-1)36-29-44(33-16-6-2-7-17-33)49-45(30-36)48-42-22-11-10-20-38(42)39-26-24-34(28-43(39)48)35-25-27-41-40-21-12-13-23-46(40)50(47(41)31-35)37-18-8-3-9-19-37/h1-23,25-31,34,48H,24H2. The number of pyridine rings is 1. The maximum absolute atomic E-state index is 5.44. The second kappa shape index (κ2) is 11.7. The molecular formula is C48H34N2. The van der Waals surface area contributed by atoms with Gasteiger partial charge >= 0.3 is 0 Å². The van der Waals surface area contributed by atoms with Crippen LogP contribution in [0.5, 0.6) is 0 Å².